The van der Waals surface area contributed by atoms with Crippen LogP contribution in [0.5, 0.6) is 0 Å². The predicted octanol–water partition coefficient (Wildman–Crippen LogP) is 9.12. The maximum atomic E-state index is 14.3. The lowest BCUT2D eigenvalue weighted by molar-refractivity contribution is -0.143. The van der Waals surface area contributed by atoms with E-state index in [0.29, 0.717) is 24.3 Å². The molecule has 1 aromatic rings. The van der Waals surface area contributed by atoms with Crippen LogP contribution in [0.2, 0.25) is 0 Å². The van der Waals surface area contributed by atoms with E-state index in [4.69, 9.17) is 4.74 Å². The molecule has 1 fully saturated rings. The summed E-state index contributed by atoms with van der Waals surface area (Å²) in [4.78, 5) is 15.0. The van der Waals surface area contributed by atoms with E-state index in [2.05, 4.69) is 42.1 Å². The molecule has 0 radical (unpaired) electrons. The van der Waals surface area contributed by atoms with E-state index in [1.807, 2.05) is 52.3 Å². The summed E-state index contributed by atoms with van der Waals surface area (Å²) in [5, 5.41) is 2.81. The lowest BCUT2D eigenvalue weighted by Gasteiger charge is -2.29. The normalized spacial score (nSPS) is 14.5. The second-order valence-electron chi connectivity index (χ2n) is 9.62. The SMILES string of the molecule is C/C=C\C(=C/C)CC.CC.COC1(C(=O)NSc2cc(F)c(NCCCN(C)C)c(F)c2)CCCCCC1.CSC. The molecule has 0 bridgehead atoms. The summed E-state index contributed by atoms with van der Waals surface area (Å²) in [5.41, 5.74) is 0.424. The van der Waals surface area contributed by atoms with Gasteiger partial charge in [0, 0.05) is 18.6 Å². The first-order valence-corrected chi connectivity index (χ1v) is 17.2. The monoisotopic (exact) mass is 617 g/mol. The van der Waals surface area contributed by atoms with E-state index in [1.54, 1.807) is 18.9 Å². The number of methoxy groups -OCH3 is 1. The van der Waals surface area contributed by atoms with Crippen molar-refractivity contribution in [3.8, 4) is 0 Å². The van der Waals surface area contributed by atoms with Gasteiger partial charge >= 0.3 is 0 Å². The van der Waals surface area contributed by atoms with Crippen LogP contribution in [0.25, 0.3) is 0 Å². The Morgan fingerprint density at radius 1 is 1.07 bits per heavy atom. The van der Waals surface area contributed by atoms with Crippen molar-refractivity contribution in [2.45, 2.75) is 96.5 Å². The minimum atomic E-state index is -0.853. The quantitative estimate of drug-likeness (QED) is 0.112. The highest BCUT2D eigenvalue weighted by molar-refractivity contribution is 7.98. The zero-order chi connectivity index (χ0) is 31.7. The number of hydrogen-bond donors (Lipinski definition) is 2. The van der Waals surface area contributed by atoms with Gasteiger partial charge in [-0.25, -0.2) is 8.78 Å². The maximum Gasteiger partial charge on any atom is 0.262 e. The van der Waals surface area contributed by atoms with Crippen LogP contribution in [-0.2, 0) is 9.53 Å². The molecule has 2 N–H and O–H groups in total. The van der Waals surface area contributed by atoms with Crippen LogP contribution in [0, 0.1) is 11.6 Å². The highest BCUT2D eigenvalue weighted by atomic mass is 32.2. The number of ether oxygens (including phenoxy) is 1. The molecule has 0 spiro atoms. The van der Waals surface area contributed by atoms with Crippen molar-refractivity contribution >= 4 is 35.3 Å². The van der Waals surface area contributed by atoms with Gasteiger partial charge in [0.2, 0.25) is 0 Å². The Kier molecular flexibility index (Phi) is 26.5. The highest BCUT2D eigenvalue weighted by Crippen LogP contribution is 2.32. The predicted molar refractivity (Wildman–Crippen MR) is 179 cm³/mol. The Balaban J connectivity index is 0. The average molecular weight is 618 g/mol. The summed E-state index contributed by atoms with van der Waals surface area (Å²) in [6, 6.07) is 2.46. The zero-order valence-corrected chi connectivity index (χ0v) is 28.9. The van der Waals surface area contributed by atoms with E-state index in [0.717, 1.165) is 57.0 Å². The van der Waals surface area contributed by atoms with Crippen molar-refractivity contribution in [3.05, 3.63) is 47.6 Å². The molecule has 41 heavy (non-hydrogen) atoms. The number of hydrogen-bond acceptors (Lipinski definition) is 6. The van der Waals surface area contributed by atoms with E-state index in [1.165, 1.54) is 17.7 Å². The lowest BCUT2D eigenvalue weighted by atomic mass is 9.93. The number of nitrogens with one attached hydrogen (secondary N) is 2. The third kappa shape index (κ3) is 17.9. The number of carbonyl (C=O) groups excluding carboxylic acids is 1. The van der Waals surface area contributed by atoms with Crippen LogP contribution >= 0.6 is 23.7 Å². The second-order valence-corrected chi connectivity index (χ2v) is 11.3. The minimum absolute atomic E-state index is 0.133. The molecule has 0 unspecified atom stereocenters. The van der Waals surface area contributed by atoms with Gasteiger partial charge in [0.1, 0.15) is 22.9 Å². The van der Waals surface area contributed by atoms with Crippen molar-refractivity contribution < 1.29 is 18.3 Å². The van der Waals surface area contributed by atoms with Crippen molar-refractivity contribution in [1.29, 1.82) is 0 Å². The highest BCUT2D eigenvalue weighted by Gasteiger charge is 2.38. The first kappa shape index (κ1) is 41.6. The molecule has 1 aliphatic carbocycles. The molecule has 5 nitrogen and oxygen atoms in total. The fraction of sp³-hybridized carbons (Fsp3) is 0.656. The minimum Gasteiger partial charge on any atom is -0.380 e. The van der Waals surface area contributed by atoms with Crippen molar-refractivity contribution in [3.63, 3.8) is 0 Å². The van der Waals surface area contributed by atoms with Crippen LogP contribution in [0.3, 0.4) is 0 Å². The van der Waals surface area contributed by atoms with Gasteiger partial charge in [0.05, 0.1) is 0 Å². The largest absolute Gasteiger partial charge is 0.380 e. The molecule has 1 saturated carbocycles. The number of benzene rings is 1. The Bertz CT molecular complexity index is 847. The van der Waals surface area contributed by atoms with E-state index in [-0.39, 0.29) is 11.6 Å². The summed E-state index contributed by atoms with van der Waals surface area (Å²) < 4.78 is 36.9. The molecular weight excluding hydrogens is 561 g/mol. The molecule has 0 aromatic heterocycles. The molecule has 0 saturated heterocycles. The number of rotatable bonds is 11. The topological polar surface area (TPSA) is 53.6 Å². The fourth-order valence-electron chi connectivity index (χ4n) is 4.04. The average Bonchev–Trinajstić information content (AvgIpc) is 3.22. The number of carbonyl (C=O) groups is 1. The summed E-state index contributed by atoms with van der Waals surface area (Å²) in [7, 11) is 5.44. The molecule has 0 atom stereocenters. The summed E-state index contributed by atoms with van der Waals surface area (Å²) >= 11 is 2.67. The van der Waals surface area contributed by atoms with Gasteiger partial charge in [-0.2, -0.15) is 11.8 Å². The molecule has 1 amide bonds. The van der Waals surface area contributed by atoms with Gasteiger partial charge in [0.25, 0.3) is 5.91 Å². The Labute approximate surface area is 258 Å². The van der Waals surface area contributed by atoms with Crippen molar-refractivity contribution in [2.75, 3.05) is 52.1 Å². The Morgan fingerprint density at radius 2 is 1.61 bits per heavy atom. The van der Waals surface area contributed by atoms with Gasteiger partial charge in [-0.3, -0.25) is 9.52 Å². The van der Waals surface area contributed by atoms with E-state index in [9.17, 15) is 13.6 Å². The molecular formula is C32H57F2N3O2S2. The Hall–Kier alpha value is -1.55. The smallest absolute Gasteiger partial charge is 0.262 e. The van der Waals surface area contributed by atoms with Crippen molar-refractivity contribution in [1.82, 2.24) is 9.62 Å². The standard InChI is InChI=1S/C20H31F2N3O2S.C8H14.C2H6S.C2H6/c1-25(2)12-8-11-23-18-16(21)13-15(14-17(18)22)28-24-19(26)20(27-3)9-6-4-5-7-10-20;1-4-7-8(5-2)6-3;1-3-2;1-2/h13-14,23H,4-12H2,1-3H3,(H,24,26);4-5,7H,6H2,1-3H3;1-2H3;1-2H3/b;7-4-,8-5-;;. The third-order valence-electron chi connectivity index (χ3n) is 6.24. The van der Waals surface area contributed by atoms with E-state index < -0.39 is 17.2 Å². The van der Waals surface area contributed by atoms with Gasteiger partial charge in [-0.15, -0.1) is 0 Å². The maximum absolute atomic E-state index is 14.3. The van der Waals surface area contributed by atoms with Gasteiger partial charge in [-0.05, 0) is 96.8 Å². The molecule has 1 aromatic carbocycles. The summed E-state index contributed by atoms with van der Waals surface area (Å²) in [5.74, 6) is -1.58. The summed E-state index contributed by atoms with van der Waals surface area (Å²) in [6.45, 7) is 11.6. The number of thioether (sulfide) groups is 1. The number of allylic oxidation sites excluding steroid dienone is 4. The molecule has 238 valence electrons. The number of anilines is 1. The zero-order valence-electron chi connectivity index (χ0n) is 27.3. The van der Waals surface area contributed by atoms with E-state index >= 15 is 0 Å². The number of halogens is 2. The first-order valence-electron chi connectivity index (χ1n) is 14.7. The Morgan fingerprint density at radius 3 is 2.00 bits per heavy atom. The fourth-order valence-corrected chi connectivity index (χ4v) is 4.76. The summed E-state index contributed by atoms with van der Waals surface area (Å²) in [6.07, 6.45) is 17.7. The lowest BCUT2D eigenvalue weighted by Crippen LogP contribution is -2.45. The molecule has 2 rings (SSSR count). The van der Waals surface area contributed by atoms with Gasteiger partial charge in [-0.1, -0.05) is 70.3 Å². The molecule has 0 heterocycles. The third-order valence-corrected chi connectivity index (χ3v) is 7.00. The van der Waals surface area contributed by atoms with Crippen LogP contribution in [-0.4, -0.2) is 63.2 Å². The number of amides is 1. The molecule has 9 heteroatoms. The van der Waals surface area contributed by atoms with Crippen LogP contribution in [0.4, 0.5) is 14.5 Å². The second kappa shape index (κ2) is 26.1. The number of nitrogens with zero attached hydrogens (tertiary/aromatic N) is 1. The van der Waals surface area contributed by atoms with Gasteiger partial charge in [0.15, 0.2) is 0 Å². The van der Waals surface area contributed by atoms with Crippen LogP contribution in [0.15, 0.2) is 40.8 Å². The van der Waals surface area contributed by atoms with Crippen LogP contribution in [0.1, 0.15) is 86.0 Å². The van der Waals surface area contributed by atoms with Gasteiger partial charge < -0.3 is 15.0 Å². The molecule has 0 aliphatic heterocycles. The van der Waals surface area contributed by atoms with Crippen molar-refractivity contribution in [2.24, 2.45) is 0 Å². The first-order chi connectivity index (χ1) is 19.6. The van der Waals surface area contributed by atoms with Crippen LogP contribution < -0.4 is 10.0 Å². The molecule has 1 aliphatic rings.